The Morgan fingerprint density at radius 1 is 1.19 bits per heavy atom. The summed E-state index contributed by atoms with van der Waals surface area (Å²) in [5.41, 5.74) is 7.17. The number of rotatable bonds is 9. The van der Waals surface area contributed by atoms with Gasteiger partial charge in [-0.3, -0.25) is 9.59 Å². The first-order valence-electron chi connectivity index (χ1n) is 11.0. The Morgan fingerprint density at radius 3 is 2.48 bits per heavy atom. The molecule has 1 unspecified atom stereocenters. The number of primary amides is 1. The van der Waals surface area contributed by atoms with Gasteiger partial charge in [0.25, 0.3) is 0 Å². The van der Waals surface area contributed by atoms with Crippen molar-refractivity contribution in [3.8, 4) is 6.07 Å². The lowest BCUT2D eigenvalue weighted by Crippen LogP contribution is -2.40. The molecule has 8 nitrogen and oxygen atoms in total. The highest BCUT2D eigenvalue weighted by Gasteiger charge is 2.31. The zero-order chi connectivity index (χ0) is 22.2. The summed E-state index contributed by atoms with van der Waals surface area (Å²) in [5.74, 6) is -1.31. The number of aromatic nitrogens is 2. The molecule has 8 heteroatoms. The second-order valence-corrected chi connectivity index (χ2v) is 8.00. The topological polar surface area (TPSA) is 125 Å². The summed E-state index contributed by atoms with van der Waals surface area (Å²) in [6.45, 7) is 3.82. The van der Waals surface area contributed by atoms with Crippen molar-refractivity contribution < 1.29 is 9.59 Å². The molecule has 31 heavy (non-hydrogen) atoms. The molecule has 0 bridgehead atoms. The fourth-order valence-corrected chi connectivity index (χ4v) is 3.92. The summed E-state index contributed by atoms with van der Waals surface area (Å²) in [4.78, 5) is 35.8. The summed E-state index contributed by atoms with van der Waals surface area (Å²) in [6.07, 6.45) is 5.41. The van der Waals surface area contributed by atoms with Gasteiger partial charge in [-0.05, 0) is 31.4 Å². The molecule has 3 N–H and O–H groups in total. The number of piperidine rings is 1. The zero-order valence-electron chi connectivity index (χ0n) is 18.0. The second kappa shape index (κ2) is 10.7. The van der Waals surface area contributed by atoms with Gasteiger partial charge in [0.2, 0.25) is 11.8 Å². The van der Waals surface area contributed by atoms with E-state index in [1.165, 1.54) is 0 Å². The second-order valence-electron chi connectivity index (χ2n) is 8.00. The van der Waals surface area contributed by atoms with E-state index in [0.717, 1.165) is 25.7 Å². The van der Waals surface area contributed by atoms with Gasteiger partial charge in [0.1, 0.15) is 5.69 Å². The number of benzene rings is 1. The average molecular weight is 423 g/mol. The number of hydrogen-bond donors (Lipinski definition) is 2. The monoisotopic (exact) mass is 422 g/mol. The van der Waals surface area contributed by atoms with Gasteiger partial charge < -0.3 is 16.0 Å². The van der Waals surface area contributed by atoms with Crippen LogP contribution in [-0.2, 0) is 9.59 Å². The molecule has 2 aromatic rings. The number of nitriles is 1. The van der Waals surface area contributed by atoms with Crippen molar-refractivity contribution in [2.75, 3.05) is 24.5 Å². The van der Waals surface area contributed by atoms with E-state index in [4.69, 9.17) is 10.7 Å². The van der Waals surface area contributed by atoms with Crippen molar-refractivity contribution in [3.63, 3.8) is 0 Å². The molecule has 1 aliphatic rings. The molecule has 1 aliphatic heterocycles. The molecular weight excluding hydrogens is 392 g/mol. The highest BCUT2D eigenvalue weighted by Crippen LogP contribution is 2.30. The number of para-hydroxylation sites is 2. The fraction of sp³-hybridized carbons (Fsp3) is 0.522. The Balaban J connectivity index is 1.86. The van der Waals surface area contributed by atoms with Crippen molar-refractivity contribution in [2.24, 2.45) is 11.7 Å². The minimum atomic E-state index is -1.05. The predicted octanol–water partition coefficient (Wildman–Crippen LogP) is 2.64. The maximum Gasteiger partial charge on any atom is 0.243 e. The summed E-state index contributed by atoms with van der Waals surface area (Å²) in [6, 6.07) is 9.55. The van der Waals surface area contributed by atoms with Crippen molar-refractivity contribution in [1.29, 1.82) is 5.26 Å². The van der Waals surface area contributed by atoms with Crippen molar-refractivity contribution in [2.45, 2.75) is 51.4 Å². The van der Waals surface area contributed by atoms with Crippen molar-refractivity contribution in [3.05, 3.63) is 30.0 Å². The number of nitrogens with two attached hydrogens (primary N) is 1. The predicted molar refractivity (Wildman–Crippen MR) is 119 cm³/mol. The number of amides is 2. The number of hydrogen-bond acceptors (Lipinski definition) is 6. The van der Waals surface area contributed by atoms with Gasteiger partial charge in [-0.15, -0.1) is 0 Å². The molecule has 1 atom stereocenters. The van der Waals surface area contributed by atoms with Crippen LogP contribution < -0.4 is 16.0 Å². The lowest BCUT2D eigenvalue weighted by molar-refractivity contribution is -0.122. The van der Waals surface area contributed by atoms with E-state index in [1.54, 1.807) is 0 Å². The Morgan fingerprint density at radius 2 is 1.87 bits per heavy atom. The van der Waals surface area contributed by atoms with E-state index >= 15 is 0 Å². The van der Waals surface area contributed by atoms with Gasteiger partial charge in [-0.2, -0.15) is 5.26 Å². The minimum absolute atomic E-state index is 0.161. The average Bonchev–Trinajstić information content (AvgIpc) is 2.79. The number of nitrogens with one attached hydrogen (secondary N) is 1. The third-order valence-corrected chi connectivity index (χ3v) is 5.77. The van der Waals surface area contributed by atoms with Crippen LogP contribution in [0.2, 0.25) is 0 Å². The molecule has 0 spiro atoms. The number of carbonyl (C=O) groups is 2. The van der Waals surface area contributed by atoms with E-state index in [9.17, 15) is 14.9 Å². The van der Waals surface area contributed by atoms with Crippen LogP contribution in [0.5, 0.6) is 0 Å². The summed E-state index contributed by atoms with van der Waals surface area (Å²) in [5, 5.41) is 12.7. The molecule has 0 radical (unpaired) electrons. The van der Waals surface area contributed by atoms with Gasteiger partial charge in [0, 0.05) is 25.6 Å². The number of unbranched alkanes of at least 4 members (excludes halogenated alkanes) is 3. The molecule has 1 saturated heterocycles. The van der Waals surface area contributed by atoms with E-state index < -0.39 is 5.92 Å². The maximum absolute atomic E-state index is 12.8. The molecular formula is C23H30N6O2. The van der Waals surface area contributed by atoms with Crippen LogP contribution in [-0.4, -0.2) is 41.4 Å². The lowest BCUT2D eigenvalue weighted by Gasteiger charge is -2.32. The van der Waals surface area contributed by atoms with E-state index in [2.05, 4.69) is 23.3 Å². The van der Waals surface area contributed by atoms with Gasteiger partial charge >= 0.3 is 0 Å². The normalized spacial score (nSPS) is 15.4. The molecule has 0 saturated carbocycles. The van der Waals surface area contributed by atoms with E-state index in [0.29, 0.717) is 55.0 Å². The van der Waals surface area contributed by atoms with Crippen LogP contribution in [0.4, 0.5) is 5.82 Å². The van der Waals surface area contributed by atoms with Gasteiger partial charge in [0.15, 0.2) is 11.7 Å². The molecule has 2 amide bonds. The zero-order valence-corrected chi connectivity index (χ0v) is 18.0. The number of nitrogens with zero attached hydrogens (tertiary/aromatic N) is 4. The molecule has 3 rings (SSSR count). The SMILES string of the molecule is CCCCCCNC(=O)C(C#N)c1nc2ccccc2nc1N1CCC(C(N)=O)CC1. The Kier molecular flexibility index (Phi) is 7.76. The first-order chi connectivity index (χ1) is 15.0. The fourth-order valence-electron chi connectivity index (χ4n) is 3.92. The smallest absolute Gasteiger partial charge is 0.243 e. The van der Waals surface area contributed by atoms with E-state index in [1.807, 2.05) is 29.2 Å². The van der Waals surface area contributed by atoms with Crippen molar-refractivity contribution >= 4 is 28.7 Å². The number of fused-ring (bicyclic) bond motifs is 1. The Hall–Kier alpha value is -3.21. The largest absolute Gasteiger partial charge is 0.369 e. The lowest BCUT2D eigenvalue weighted by atomic mass is 9.95. The van der Waals surface area contributed by atoms with Crippen LogP contribution >= 0.6 is 0 Å². The van der Waals surface area contributed by atoms with Crippen molar-refractivity contribution in [1.82, 2.24) is 15.3 Å². The van der Waals surface area contributed by atoms with Gasteiger partial charge in [0.05, 0.1) is 17.1 Å². The number of carbonyl (C=O) groups excluding carboxylic acids is 2. The molecule has 1 fully saturated rings. The summed E-state index contributed by atoms with van der Waals surface area (Å²) in [7, 11) is 0. The van der Waals surface area contributed by atoms with Crippen LogP contribution in [0.25, 0.3) is 11.0 Å². The highest BCUT2D eigenvalue weighted by atomic mass is 16.2. The summed E-state index contributed by atoms with van der Waals surface area (Å²) < 4.78 is 0. The molecule has 0 aliphatic carbocycles. The molecule has 1 aromatic carbocycles. The minimum Gasteiger partial charge on any atom is -0.369 e. The van der Waals surface area contributed by atoms with Crippen LogP contribution in [0, 0.1) is 17.2 Å². The highest BCUT2D eigenvalue weighted by molar-refractivity contribution is 5.89. The Bertz CT molecular complexity index is 962. The first kappa shape index (κ1) is 22.5. The quantitative estimate of drug-likeness (QED) is 0.599. The van der Waals surface area contributed by atoms with Crippen LogP contribution in [0.15, 0.2) is 24.3 Å². The van der Waals surface area contributed by atoms with Crippen LogP contribution in [0.3, 0.4) is 0 Å². The Labute approximate surface area is 182 Å². The van der Waals surface area contributed by atoms with Crippen LogP contribution in [0.1, 0.15) is 57.1 Å². The third kappa shape index (κ3) is 5.48. The summed E-state index contributed by atoms with van der Waals surface area (Å²) >= 11 is 0. The van der Waals surface area contributed by atoms with E-state index in [-0.39, 0.29) is 17.7 Å². The third-order valence-electron chi connectivity index (χ3n) is 5.77. The van der Waals surface area contributed by atoms with Gasteiger partial charge in [-0.25, -0.2) is 9.97 Å². The number of anilines is 1. The van der Waals surface area contributed by atoms with Gasteiger partial charge in [-0.1, -0.05) is 38.3 Å². The molecule has 2 heterocycles. The standard InChI is InChI=1S/C23H30N6O2/c1-2-3-4-7-12-26-23(31)17(15-24)20-22(28-19-9-6-5-8-18(19)27-20)29-13-10-16(11-14-29)21(25)30/h5-6,8-9,16-17H,2-4,7,10-14H2,1H3,(H2,25,30)(H,26,31). The molecule has 1 aromatic heterocycles. The first-order valence-corrected chi connectivity index (χ1v) is 11.0. The maximum atomic E-state index is 12.8. The molecule has 164 valence electrons.